The predicted octanol–water partition coefficient (Wildman–Crippen LogP) is 3.69. The van der Waals surface area contributed by atoms with Crippen LogP contribution in [0.15, 0.2) is 28.6 Å². The molecule has 0 saturated heterocycles. The van der Waals surface area contributed by atoms with Crippen molar-refractivity contribution >= 4 is 23.1 Å². The SMILES string of the molecule is CCNC(c1ccc(OC)cc1)C(C)Sc1nnc(C)s1. The van der Waals surface area contributed by atoms with Crippen LogP contribution in [0.3, 0.4) is 0 Å². The fraction of sp³-hybridized carbons (Fsp3) is 0.467. The molecule has 0 radical (unpaired) electrons. The van der Waals surface area contributed by atoms with Gasteiger partial charge in [-0.05, 0) is 31.2 Å². The summed E-state index contributed by atoms with van der Waals surface area (Å²) in [5, 5.41) is 13.2. The normalized spacial score (nSPS) is 13.9. The van der Waals surface area contributed by atoms with E-state index in [4.69, 9.17) is 4.74 Å². The Bertz CT molecular complexity index is 556. The third kappa shape index (κ3) is 4.43. The lowest BCUT2D eigenvalue weighted by atomic mass is 10.0. The van der Waals surface area contributed by atoms with Crippen molar-refractivity contribution in [1.29, 1.82) is 0 Å². The van der Waals surface area contributed by atoms with Crippen LogP contribution in [0.5, 0.6) is 5.75 Å². The van der Waals surface area contributed by atoms with Crippen molar-refractivity contribution in [2.45, 2.75) is 36.4 Å². The van der Waals surface area contributed by atoms with E-state index in [1.165, 1.54) is 5.56 Å². The van der Waals surface area contributed by atoms with E-state index in [0.717, 1.165) is 21.6 Å². The summed E-state index contributed by atoms with van der Waals surface area (Å²) in [6.07, 6.45) is 0. The summed E-state index contributed by atoms with van der Waals surface area (Å²) in [5.74, 6) is 0.883. The fourth-order valence-corrected chi connectivity index (χ4v) is 4.36. The van der Waals surface area contributed by atoms with Gasteiger partial charge in [0, 0.05) is 11.3 Å². The van der Waals surface area contributed by atoms with Gasteiger partial charge in [-0.1, -0.05) is 49.1 Å². The Morgan fingerprint density at radius 2 is 2.00 bits per heavy atom. The van der Waals surface area contributed by atoms with Crippen LogP contribution in [0.25, 0.3) is 0 Å². The zero-order valence-electron chi connectivity index (χ0n) is 12.8. The number of benzene rings is 1. The molecular weight excluding hydrogens is 302 g/mol. The molecule has 4 nitrogen and oxygen atoms in total. The van der Waals surface area contributed by atoms with Gasteiger partial charge in [0.05, 0.1) is 7.11 Å². The van der Waals surface area contributed by atoms with Crippen LogP contribution in [0.2, 0.25) is 0 Å². The van der Waals surface area contributed by atoms with Gasteiger partial charge in [-0.25, -0.2) is 0 Å². The summed E-state index contributed by atoms with van der Waals surface area (Å²) in [4.78, 5) is 0. The van der Waals surface area contributed by atoms with Crippen molar-refractivity contribution in [3.8, 4) is 5.75 Å². The maximum atomic E-state index is 5.23. The molecule has 2 atom stereocenters. The topological polar surface area (TPSA) is 47.0 Å². The van der Waals surface area contributed by atoms with Gasteiger partial charge in [-0.2, -0.15) is 0 Å². The van der Waals surface area contributed by atoms with Crippen LogP contribution >= 0.6 is 23.1 Å². The first kappa shape index (κ1) is 16.3. The fourth-order valence-electron chi connectivity index (χ4n) is 2.14. The number of rotatable bonds is 7. The Morgan fingerprint density at radius 3 is 2.52 bits per heavy atom. The van der Waals surface area contributed by atoms with Crippen molar-refractivity contribution in [2.75, 3.05) is 13.7 Å². The number of aryl methyl sites for hydroxylation is 1. The molecule has 1 aromatic heterocycles. The van der Waals surface area contributed by atoms with Gasteiger partial charge >= 0.3 is 0 Å². The molecule has 2 unspecified atom stereocenters. The number of thioether (sulfide) groups is 1. The quantitative estimate of drug-likeness (QED) is 0.788. The molecule has 0 amide bonds. The van der Waals surface area contributed by atoms with Crippen molar-refractivity contribution in [3.63, 3.8) is 0 Å². The average Bonchev–Trinajstić information content (AvgIpc) is 2.90. The van der Waals surface area contributed by atoms with Crippen LogP contribution in [-0.2, 0) is 0 Å². The first-order chi connectivity index (χ1) is 10.1. The smallest absolute Gasteiger partial charge is 0.174 e. The number of nitrogens with one attached hydrogen (secondary N) is 1. The lowest BCUT2D eigenvalue weighted by Crippen LogP contribution is -2.28. The van der Waals surface area contributed by atoms with E-state index in [0.29, 0.717) is 5.25 Å². The summed E-state index contributed by atoms with van der Waals surface area (Å²) in [6.45, 7) is 7.26. The zero-order chi connectivity index (χ0) is 15.2. The second-order valence-electron chi connectivity index (χ2n) is 4.72. The Morgan fingerprint density at radius 1 is 1.29 bits per heavy atom. The highest BCUT2D eigenvalue weighted by atomic mass is 32.2. The molecule has 0 spiro atoms. The second kappa shape index (κ2) is 7.77. The summed E-state index contributed by atoms with van der Waals surface area (Å²) >= 11 is 3.41. The van der Waals surface area contributed by atoms with Gasteiger partial charge in [-0.3, -0.25) is 0 Å². The van der Waals surface area contributed by atoms with Gasteiger partial charge in [-0.15, -0.1) is 10.2 Å². The summed E-state index contributed by atoms with van der Waals surface area (Å²) in [6, 6.07) is 8.52. The van der Waals surface area contributed by atoms with E-state index < -0.39 is 0 Å². The van der Waals surface area contributed by atoms with E-state index in [2.05, 4.69) is 41.5 Å². The maximum Gasteiger partial charge on any atom is 0.174 e. The molecule has 114 valence electrons. The predicted molar refractivity (Wildman–Crippen MR) is 89.4 cm³/mol. The van der Waals surface area contributed by atoms with Crippen molar-refractivity contribution in [3.05, 3.63) is 34.8 Å². The standard InChI is InChI=1S/C15H21N3OS2/c1-5-16-14(12-6-8-13(19-4)9-7-12)10(2)20-15-18-17-11(3)21-15/h6-10,14,16H,5H2,1-4H3. The van der Waals surface area contributed by atoms with E-state index in [-0.39, 0.29) is 6.04 Å². The maximum absolute atomic E-state index is 5.23. The Balaban J connectivity index is 2.12. The summed E-state index contributed by atoms with van der Waals surface area (Å²) in [5.41, 5.74) is 1.26. The van der Waals surface area contributed by atoms with Gasteiger partial charge in [0.1, 0.15) is 10.8 Å². The number of nitrogens with zero attached hydrogens (tertiary/aromatic N) is 2. The molecule has 0 aliphatic carbocycles. The average molecular weight is 323 g/mol. The lowest BCUT2D eigenvalue weighted by Gasteiger charge is -2.24. The molecule has 1 aromatic carbocycles. The summed E-state index contributed by atoms with van der Waals surface area (Å²) < 4.78 is 6.25. The number of hydrogen-bond acceptors (Lipinski definition) is 6. The highest BCUT2D eigenvalue weighted by Gasteiger charge is 2.21. The van der Waals surface area contributed by atoms with Gasteiger partial charge in [0.25, 0.3) is 0 Å². The molecule has 21 heavy (non-hydrogen) atoms. The number of aromatic nitrogens is 2. The first-order valence-electron chi connectivity index (χ1n) is 6.98. The molecule has 0 aliphatic heterocycles. The van der Waals surface area contributed by atoms with Gasteiger partial charge in [0.2, 0.25) is 0 Å². The van der Waals surface area contributed by atoms with E-state index >= 15 is 0 Å². The van der Waals surface area contributed by atoms with Crippen molar-refractivity contribution in [2.24, 2.45) is 0 Å². The van der Waals surface area contributed by atoms with Crippen molar-refractivity contribution < 1.29 is 4.74 Å². The molecule has 0 saturated carbocycles. The summed E-state index contributed by atoms with van der Waals surface area (Å²) in [7, 11) is 1.69. The molecule has 0 fully saturated rings. The largest absolute Gasteiger partial charge is 0.497 e. The molecule has 6 heteroatoms. The van der Waals surface area contributed by atoms with E-state index in [1.54, 1.807) is 30.2 Å². The van der Waals surface area contributed by atoms with Gasteiger partial charge < -0.3 is 10.1 Å². The monoisotopic (exact) mass is 323 g/mol. The minimum atomic E-state index is 0.273. The van der Waals surface area contributed by atoms with Crippen LogP contribution in [0, 0.1) is 6.92 Å². The molecule has 2 rings (SSSR count). The third-order valence-corrected chi connectivity index (χ3v) is 5.26. The minimum Gasteiger partial charge on any atom is -0.497 e. The van der Waals surface area contributed by atoms with Crippen LogP contribution in [0.1, 0.15) is 30.5 Å². The molecule has 1 heterocycles. The molecular formula is C15H21N3OS2. The zero-order valence-corrected chi connectivity index (χ0v) is 14.4. The molecule has 0 bridgehead atoms. The Kier molecular flexibility index (Phi) is 6.02. The van der Waals surface area contributed by atoms with E-state index in [9.17, 15) is 0 Å². The third-order valence-electron chi connectivity index (χ3n) is 3.16. The second-order valence-corrected chi connectivity index (χ2v) is 7.52. The first-order valence-corrected chi connectivity index (χ1v) is 8.67. The van der Waals surface area contributed by atoms with Crippen LogP contribution < -0.4 is 10.1 Å². The van der Waals surface area contributed by atoms with Crippen molar-refractivity contribution in [1.82, 2.24) is 15.5 Å². The minimum absolute atomic E-state index is 0.273. The highest BCUT2D eigenvalue weighted by molar-refractivity contribution is 8.01. The number of ether oxygens (including phenoxy) is 1. The molecule has 1 N–H and O–H groups in total. The number of methoxy groups -OCH3 is 1. The van der Waals surface area contributed by atoms with Gasteiger partial charge in [0.15, 0.2) is 4.34 Å². The Hall–Kier alpha value is -1.11. The van der Waals surface area contributed by atoms with Crippen LogP contribution in [0.4, 0.5) is 0 Å². The lowest BCUT2D eigenvalue weighted by molar-refractivity contribution is 0.414. The molecule has 0 aliphatic rings. The van der Waals surface area contributed by atoms with E-state index in [1.807, 2.05) is 19.1 Å². The highest BCUT2D eigenvalue weighted by Crippen LogP contribution is 2.33. The molecule has 2 aromatic rings. The van der Waals surface area contributed by atoms with Crippen LogP contribution in [-0.4, -0.2) is 29.1 Å². The number of hydrogen-bond donors (Lipinski definition) is 1. The Labute approximate surface area is 134 Å².